The van der Waals surface area contributed by atoms with Crippen LogP contribution in [0.25, 0.3) is 0 Å². The van der Waals surface area contributed by atoms with Crippen LogP contribution in [0.15, 0.2) is 24.3 Å². The number of ether oxygens (including phenoxy) is 2. The van der Waals surface area contributed by atoms with Crippen LogP contribution in [0.3, 0.4) is 0 Å². The molecule has 2 nitrogen and oxygen atoms in total. The minimum Gasteiger partial charge on any atom is -0.382 e. The van der Waals surface area contributed by atoms with Gasteiger partial charge in [0.1, 0.15) is 0 Å². The summed E-state index contributed by atoms with van der Waals surface area (Å²) in [5, 5.41) is 0. The van der Waals surface area contributed by atoms with Crippen LogP contribution in [-0.4, -0.2) is 20.3 Å². The van der Waals surface area contributed by atoms with Gasteiger partial charge in [0.2, 0.25) is 0 Å². The smallest absolute Gasteiger partial charge is 0.0718 e. The Balaban J connectivity index is 2.16. The molecule has 0 unspecified atom stereocenters. The highest BCUT2D eigenvalue weighted by atomic mass is 16.5. The van der Waals surface area contributed by atoms with Gasteiger partial charge in [-0.1, -0.05) is 24.3 Å². The van der Waals surface area contributed by atoms with E-state index in [0.717, 1.165) is 0 Å². The Morgan fingerprint density at radius 2 is 2.00 bits per heavy atom. The number of hydrogen-bond donors (Lipinski definition) is 0. The maximum absolute atomic E-state index is 5.32. The van der Waals surface area contributed by atoms with Gasteiger partial charge in [-0.05, 0) is 11.6 Å². The van der Waals surface area contributed by atoms with Crippen molar-refractivity contribution in [2.24, 2.45) is 0 Å². The molecule has 12 heavy (non-hydrogen) atoms. The molecule has 0 amide bonds. The van der Waals surface area contributed by atoms with E-state index in [1.54, 1.807) is 7.11 Å². The third-order valence-corrected chi connectivity index (χ3v) is 1.49. The monoisotopic (exact) mass is 165 g/mol. The topological polar surface area (TPSA) is 18.5 Å². The van der Waals surface area contributed by atoms with Crippen molar-refractivity contribution in [2.45, 2.75) is 6.61 Å². The fourth-order valence-corrected chi connectivity index (χ4v) is 0.850. The van der Waals surface area contributed by atoms with Crippen molar-refractivity contribution < 1.29 is 9.47 Å². The molecule has 0 fully saturated rings. The molecule has 0 aliphatic carbocycles. The highest BCUT2D eigenvalue weighted by Crippen LogP contribution is 1.99. The Morgan fingerprint density at radius 3 is 2.67 bits per heavy atom. The van der Waals surface area contributed by atoms with Gasteiger partial charge in [-0.15, -0.1) is 0 Å². The molecular weight excluding hydrogens is 152 g/mol. The maximum atomic E-state index is 5.32. The molecule has 0 aliphatic heterocycles. The van der Waals surface area contributed by atoms with E-state index in [9.17, 15) is 0 Å². The zero-order valence-electron chi connectivity index (χ0n) is 7.25. The van der Waals surface area contributed by atoms with Crippen LogP contribution in [0, 0.1) is 6.07 Å². The zero-order valence-corrected chi connectivity index (χ0v) is 7.25. The van der Waals surface area contributed by atoms with Crippen molar-refractivity contribution in [1.82, 2.24) is 0 Å². The van der Waals surface area contributed by atoms with Gasteiger partial charge in [-0.25, -0.2) is 0 Å². The number of benzene rings is 1. The van der Waals surface area contributed by atoms with Crippen LogP contribution in [0.4, 0.5) is 0 Å². The van der Waals surface area contributed by atoms with E-state index in [4.69, 9.17) is 9.47 Å². The van der Waals surface area contributed by atoms with Crippen LogP contribution in [0.2, 0.25) is 0 Å². The fourth-order valence-electron chi connectivity index (χ4n) is 0.850. The standard InChI is InChI=1S/C10H13O2/c1-11-7-8-12-9-10-5-3-2-4-6-10/h3-6H,7-9H2,1H3. The molecule has 1 rings (SSSR count). The lowest BCUT2D eigenvalue weighted by Gasteiger charge is -2.02. The van der Waals surface area contributed by atoms with Gasteiger partial charge < -0.3 is 9.47 Å². The molecule has 0 heterocycles. The summed E-state index contributed by atoms with van der Waals surface area (Å²) in [4.78, 5) is 0. The maximum Gasteiger partial charge on any atom is 0.0718 e. The first-order chi connectivity index (χ1) is 5.93. The van der Waals surface area contributed by atoms with E-state index in [1.165, 1.54) is 5.56 Å². The molecule has 0 aliphatic rings. The van der Waals surface area contributed by atoms with Crippen molar-refractivity contribution in [3.63, 3.8) is 0 Å². The van der Waals surface area contributed by atoms with Gasteiger partial charge in [0.25, 0.3) is 0 Å². The zero-order chi connectivity index (χ0) is 8.65. The molecule has 0 saturated carbocycles. The Labute approximate surface area is 73.1 Å². The lowest BCUT2D eigenvalue weighted by Crippen LogP contribution is -2.01. The summed E-state index contributed by atoms with van der Waals surface area (Å²) >= 11 is 0. The Morgan fingerprint density at radius 1 is 1.25 bits per heavy atom. The Hall–Kier alpha value is -0.860. The number of methoxy groups -OCH3 is 1. The largest absolute Gasteiger partial charge is 0.382 e. The first-order valence-corrected chi connectivity index (χ1v) is 3.95. The second-order valence-corrected chi connectivity index (χ2v) is 2.45. The molecule has 2 heteroatoms. The Bertz CT molecular complexity index is 196. The highest BCUT2D eigenvalue weighted by molar-refractivity contribution is 5.12. The summed E-state index contributed by atoms with van der Waals surface area (Å²) in [5.74, 6) is 0. The quantitative estimate of drug-likeness (QED) is 0.618. The second-order valence-electron chi connectivity index (χ2n) is 2.45. The lowest BCUT2D eigenvalue weighted by molar-refractivity contribution is 0.0616. The number of hydrogen-bond acceptors (Lipinski definition) is 2. The third-order valence-electron chi connectivity index (χ3n) is 1.49. The van der Waals surface area contributed by atoms with Crippen LogP contribution in [-0.2, 0) is 16.1 Å². The van der Waals surface area contributed by atoms with Crippen LogP contribution in [0.1, 0.15) is 5.56 Å². The summed E-state index contributed by atoms with van der Waals surface area (Å²) in [7, 11) is 1.67. The molecule has 0 aromatic heterocycles. The van der Waals surface area contributed by atoms with Crippen molar-refractivity contribution in [3.05, 3.63) is 35.9 Å². The van der Waals surface area contributed by atoms with Gasteiger partial charge >= 0.3 is 0 Å². The molecule has 0 N–H and O–H groups in total. The average Bonchev–Trinajstić information content (AvgIpc) is 2.14. The Kier molecular flexibility index (Phi) is 4.42. The molecule has 65 valence electrons. The number of rotatable bonds is 5. The molecule has 0 atom stereocenters. The molecule has 1 aromatic carbocycles. The van der Waals surface area contributed by atoms with Gasteiger partial charge in [-0.3, -0.25) is 0 Å². The van der Waals surface area contributed by atoms with Crippen molar-refractivity contribution >= 4 is 0 Å². The van der Waals surface area contributed by atoms with Gasteiger partial charge in [0.15, 0.2) is 0 Å². The summed E-state index contributed by atoms with van der Waals surface area (Å²) in [6, 6.07) is 10.7. The highest BCUT2D eigenvalue weighted by Gasteiger charge is 1.90. The fraction of sp³-hybridized carbons (Fsp3) is 0.400. The molecule has 1 radical (unpaired) electrons. The van der Waals surface area contributed by atoms with E-state index in [1.807, 2.05) is 24.3 Å². The summed E-state index contributed by atoms with van der Waals surface area (Å²) < 4.78 is 10.2. The minimum atomic E-state index is 0.648. The molecule has 0 bridgehead atoms. The first-order valence-electron chi connectivity index (χ1n) is 3.95. The first kappa shape index (κ1) is 9.23. The lowest BCUT2D eigenvalue weighted by atomic mass is 10.2. The van der Waals surface area contributed by atoms with E-state index in [2.05, 4.69) is 6.07 Å². The predicted octanol–water partition coefficient (Wildman–Crippen LogP) is 1.65. The second kappa shape index (κ2) is 5.75. The summed E-state index contributed by atoms with van der Waals surface area (Å²) in [6.07, 6.45) is 0. The third kappa shape index (κ3) is 3.51. The van der Waals surface area contributed by atoms with Crippen LogP contribution < -0.4 is 0 Å². The SMILES string of the molecule is COCCOCc1cc[c]cc1. The molecule has 0 spiro atoms. The van der Waals surface area contributed by atoms with Gasteiger partial charge in [0, 0.05) is 7.11 Å². The van der Waals surface area contributed by atoms with E-state index in [0.29, 0.717) is 19.8 Å². The van der Waals surface area contributed by atoms with Gasteiger partial charge in [-0.2, -0.15) is 0 Å². The van der Waals surface area contributed by atoms with Crippen LogP contribution in [0.5, 0.6) is 0 Å². The van der Waals surface area contributed by atoms with Crippen molar-refractivity contribution in [1.29, 1.82) is 0 Å². The molecule has 1 aromatic rings. The summed E-state index contributed by atoms with van der Waals surface area (Å²) in [6.45, 7) is 1.95. The normalized spacial score (nSPS) is 10.1. The van der Waals surface area contributed by atoms with Gasteiger partial charge in [0.05, 0.1) is 19.8 Å². The average molecular weight is 165 g/mol. The molecular formula is C10H13O2. The predicted molar refractivity (Wildman–Crippen MR) is 46.8 cm³/mol. The van der Waals surface area contributed by atoms with Crippen molar-refractivity contribution in [2.75, 3.05) is 20.3 Å². The van der Waals surface area contributed by atoms with Crippen molar-refractivity contribution in [3.8, 4) is 0 Å². The van der Waals surface area contributed by atoms with Crippen LogP contribution >= 0.6 is 0 Å². The molecule has 0 saturated heterocycles. The minimum absolute atomic E-state index is 0.648. The summed E-state index contributed by atoms with van der Waals surface area (Å²) in [5.41, 5.74) is 1.17. The van der Waals surface area contributed by atoms with E-state index < -0.39 is 0 Å². The van der Waals surface area contributed by atoms with E-state index >= 15 is 0 Å². The van der Waals surface area contributed by atoms with E-state index in [-0.39, 0.29) is 0 Å².